The molecule has 0 atom stereocenters. The largest absolute Gasteiger partial charge is 0.359 e. The molecule has 3 heteroatoms. The minimum atomic E-state index is 0.230. The maximum atomic E-state index is 4.91. The summed E-state index contributed by atoms with van der Waals surface area (Å²) in [5.41, 5.74) is 4.91. The summed E-state index contributed by atoms with van der Waals surface area (Å²) < 4.78 is 9.02. The first-order valence-electron chi connectivity index (χ1n) is 1.68. The van der Waals surface area contributed by atoms with Gasteiger partial charge in [0, 0.05) is 7.11 Å². The third kappa shape index (κ3) is 3.88. The molecule has 0 rings (SSSR count). The van der Waals surface area contributed by atoms with Gasteiger partial charge in [-0.15, -0.1) is 0 Å². The summed E-state index contributed by atoms with van der Waals surface area (Å²) in [6.07, 6.45) is 0. The van der Waals surface area contributed by atoms with Crippen LogP contribution in [0.3, 0.4) is 0 Å². The van der Waals surface area contributed by atoms with Gasteiger partial charge in [-0.2, -0.15) is 0 Å². The first-order chi connectivity index (χ1) is 2.91. The van der Waals surface area contributed by atoms with E-state index in [0.717, 1.165) is 0 Å². The maximum absolute atomic E-state index is 4.91. The smallest absolute Gasteiger partial charge is 0.148 e. The van der Waals surface area contributed by atoms with Gasteiger partial charge in [0.15, 0.2) is 0 Å². The second-order valence-corrected chi connectivity index (χ2v) is 0.777. The molecule has 0 amide bonds. The summed E-state index contributed by atoms with van der Waals surface area (Å²) in [5, 5.41) is 0. The van der Waals surface area contributed by atoms with Crippen LogP contribution in [0.25, 0.3) is 0 Å². The summed E-state index contributed by atoms with van der Waals surface area (Å²) in [7, 11) is 1.55. The van der Waals surface area contributed by atoms with E-state index in [9.17, 15) is 0 Å². The molecule has 0 bridgehead atoms. The van der Waals surface area contributed by atoms with E-state index >= 15 is 0 Å². The quantitative estimate of drug-likeness (QED) is 0.377. The molecule has 0 saturated heterocycles. The third-order valence-electron chi connectivity index (χ3n) is 0.319. The average molecular weight is 91.1 g/mol. The summed E-state index contributed by atoms with van der Waals surface area (Å²) in [5.74, 6) is 0. The van der Waals surface area contributed by atoms with Gasteiger partial charge in [0.05, 0.1) is 6.73 Å². The van der Waals surface area contributed by atoms with E-state index in [4.69, 9.17) is 5.73 Å². The predicted molar refractivity (Wildman–Crippen MR) is 22.0 cm³/mol. The first-order valence-corrected chi connectivity index (χ1v) is 1.68. The van der Waals surface area contributed by atoms with Gasteiger partial charge in [0.25, 0.3) is 0 Å². The van der Waals surface area contributed by atoms with Crippen LogP contribution in [0.15, 0.2) is 0 Å². The van der Waals surface area contributed by atoms with Gasteiger partial charge in [-0.05, 0) is 0 Å². The highest BCUT2D eigenvalue weighted by atomic mass is 16.7. The molecule has 0 aliphatic heterocycles. The standard InChI is InChI=1S/C3H9NO2/c1-5-3-6-2-4/h2-4H2,1H3. The fourth-order valence-corrected chi connectivity index (χ4v) is 0.131. The molecule has 0 radical (unpaired) electrons. The van der Waals surface area contributed by atoms with Crippen molar-refractivity contribution in [1.82, 2.24) is 0 Å². The van der Waals surface area contributed by atoms with Crippen molar-refractivity contribution in [2.75, 3.05) is 20.6 Å². The second kappa shape index (κ2) is 4.88. The zero-order valence-electron chi connectivity index (χ0n) is 3.81. The highest BCUT2D eigenvalue weighted by Crippen LogP contribution is 1.64. The molecular formula is C3H9NO2. The van der Waals surface area contributed by atoms with E-state index < -0.39 is 0 Å². The van der Waals surface area contributed by atoms with Crippen LogP contribution in [-0.2, 0) is 9.47 Å². The Kier molecular flexibility index (Phi) is 4.78. The number of ether oxygens (including phenoxy) is 2. The van der Waals surface area contributed by atoms with E-state index in [1.807, 2.05) is 0 Å². The first kappa shape index (κ1) is 5.88. The molecule has 0 aliphatic carbocycles. The molecule has 6 heavy (non-hydrogen) atoms. The van der Waals surface area contributed by atoms with Crippen molar-refractivity contribution in [3.8, 4) is 0 Å². The molecule has 0 aliphatic rings. The lowest BCUT2D eigenvalue weighted by Crippen LogP contribution is -2.06. The zero-order chi connectivity index (χ0) is 4.83. The molecule has 2 N–H and O–H groups in total. The van der Waals surface area contributed by atoms with Crippen molar-refractivity contribution in [2.45, 2.75) is 0 Å². The Hall–Kier alpha value is -0.120. The van der Waals surface area contributed by atoms with Crippen LogP contribution in [-0.4, -0.2) is 20.6 Å². The van der Waals surface area contributed by atoms with Crippen LogP contribution in [0, 0.1) is 0 Å². The Labute approximate surface area is 37.0 Å². The van der Waals surface area contributed by atoms with E-state index in [1.54, 1.807) is 7.11 Å². The number of nitrogens with two attached hydrogens (primary N) is 1. The van der Waals surface area contributed by atoms with Crippen LogP contribution in [0.2, 0.25) is 0 Å². The average Bonchev–Trinajstić information content (AvgIpc) is 1.61. The van der Waals surface area contributed by atoms with Gasteiger partial charge in [0.1, 0.15) is 6.79 Å². The predicted octanol–water partition coefficient (Wildman–Crippen LogP) is -0.477. The molecule has 0 unspecified atom stereocenters. The minimum Gasteiger partial charge on any atom is -0.359 e. The van der Waals surface area contributed by atoms with Crippen molar-refractivity contribution in [3.63, 3.8) is 0 Å². The maximum Gasteiger partial charge on any atom is 0.148 e. The van der Waals surface area contributed by atoms with E-state index in [0.29, 0.717) is 0 Å². The Morgan fingerprint density at radius 1 is 1.67 bits per heavy atom. The van der Waals surface area contributed by atoms with Crippen LogP contribution in [0.1, 0.15) is 0 Å². The fourth-order valence-electron chi connectivity index (χ4n) is 0.131. The molecule has 38 valence electrons. The normalized spacial score (nSPS) is 9.00. The van der Waals surface area contributed by atoms with Crippen LogP contribution >= 0.6 is 0 Å². The molecule has 0 aromatic heterocycles. The van der Waals surface area contributed by atoms with Crippen molar-refractivity contribution in [1.29, 1.82) is 0 Å². The Balaban J connectivity index is 2.34. The number of rotatable bonds is 3. The summed E-state index contributed by atoms with van der Waals surface area (Å²) in [6.45, 7) is 0.518. The molecule has 0 heterocycles. The summed E-state index contributed by atoms with van der Waals surface area (Å²) >= 11 is 0. The van der Waals surface area contributed by atoms with Gasteiger partial charge in [0.2, 0.25) is 0 Å². The molecule has 0 aromatic rings. The van der Waals surface area contributed by atoms with E-state index in [1.165, 1.54) is 0 Å². The lowest BCUT2D eigenvalue weighted by molar-refractivity contribution is -0.0278. The van der Waals surface area contributed by atoms with Crippen LogP contribution in [0.4, 0.5) is 0 Å². The van der Waals surface area contributed by atoms with Gasteiger partial charge in [-0.1, -0.05) is 0 Å². The van der Waals surface area contributed by atoms with Crippen molar-refractivity contribution in [3.05, 3.63) is 0 Å². The summed E-state index contributed by atoms with van der Waals surface area (Å²) in [4.78, 5) is 0. The lowest BCUT2D eigenvalue weighted by Gasteiger charge is -1.93. The molecular weight excluding hydrogens is 82.0 g/mol. The van der Waals surface area contributed by atoms with Gasteiger partial charge >= 0.3 is 0 Å². The molecule has 0 fully saturated rings. The monoisotopic (exact) mass is 91.1 g/mol. The van der Waals surface area contributed by atoms with Crippen molar-refractivity contribution < 1.29 is 9.47 Å². The Morgan fingerprint density at radius 3 is 2.50 bits per heavy atom. The van der Waals surface area contributed by atoms with E-state index in [2.05, 4.69) is 9.47 Å². The lowest BCUT2D eigenvalue weighted by atomic mass is 11.3. The number of hydrogen-bond donors (Lipinski definition) is 1. The number of hydrogen-bond acceptors (Lipinski definition) is 3. The number of methoxy groups -OCH3 is 1. The molecule has 3 nitrogen and oxygen atoms in total. The zero-order valence-corrected chi connectivity index (χ0v) is 3.81. The minimum absolute atomic E-state index is 0.230. The highest BCUT2D eigenvalue weighted by molar-refractivity contribution is 3.98. The van der Waals surface area contributed by atoms with Crippen molar-refractivity contribution in [2.24, 2.45) is 5.73 Å². The van der Waals surface area contributed by atoms with Crippen LogP contribution in [0.5, 0.6) is 0 Å². The van der Waals surface area contributed by atoms with Gasteiger partial charge in [-0.25, -0.2) is 0 Å². The highest BCUT2D eigenvalue weighted by Gasteiger charge is 1.71. The molecule has 0 aromatic carbocycles. The summed E-state index contributed by atoms with van der Waals surface area (Å²) in [6, 6.07) is 0. The Morgan fingerprint density at radius 2 is 2.33 bits per heavy atom. The van der Waals surface area contributed by atoms with E-state index in [-0.39, 0.29) is 13.5 Å². The second-order valence-electron chi connectivity index (χ2n) is 0.777. The fraction of sp³-hybridized carbons (Fsp3) is 1.00. The SMILES string of the molecule is COCOCN. The Bertz CT molecular complexity index is 20.8. The van der Waals surface area contributed by atoms with Gasteiger partial charge < -0.3 is 15.2 Å². The topological polar surface area (TPSA) is 44.5 Å². The van der Waals surface area contributed by atoms with Crippen LogP contribution < -0.4 is 5.73 Å². The molecule has 0 saturated carbocycles. The third-order valence-corrected chi connectivity index (χ3v) is 0.319. The molecule has 0 spiro atoms. The van der Waals surface area contributed by atoms with Gasteiger partial charge in [-0.3, -0.25) is 0 Å². The van der Waals surface area contributed by atoms with Crippen molar-refractivity contribution >= 4 is 0 Å².